The van der Waals surface area contributed by atoms with Crippen molar-refractivity contribution in [2.45, 2.75) is 10.8 Å². The second kappa shape index (κ2) is 13.4. The molecule has 1 heteroatoms. The minimum Gasteiger partial charge on any atom is -0.309 e. The van der Waals surface area contributed by atoms with E-state index in [-0.39, 0.29) is 0 Å². The van der Waals surface area contributed by atoms with Gasteiger partial charge in [-0.1, -0.05) is 218 Å². The summed E-state index contributed by atoms with van der Waals surface area (Å²) in [6.45, 7) is 0. The standard InChI is InChI=1S/C68H41N/c1-2-20-43(21-3-1)69-63-39-17-10-26-49(63)53-40-42(44-29-18-37-61-64(44)51-27-8-15-35-59(51)67(61)55-31-11-4-22-45(55)46-23-5-12-32-56(46)67)41-54(66(53)69)50-30-19-38-62-65(50)52-28-9-16-36-60(52)68(62)57-33-13-6-24-47(57)48-25-7-14-34-58(48)68/h1-41H. The number of rotatable bonds is 3. The smallest absolute Gasteiger partial charge is 0.0725 e. The van der Waals surface area contributed by atoms with Gasteiger partial charge >= 0.3 is 0 Å². The third kappa shape index (κ3) is 4.47. The number of hydrogen-bond donors (Lipinski definition) is 0. The molecule has 11 aromatic carbocycles. The Balaban J connectivity index is 1.04. The third-order valence-corrected chi connectivity index (χ3v) is 16.4. The zero-order valence-electron chi connectivity index (χ0n) is 37.6. The average molecular weight is 872 g/mol. The van der Waals surface area contributed by atoms with Crippen molar-refractivity contribution in [1.82, 2.24) is 4.57 Å². The highest BCUT2D eigenvalue weighted by molar-refractivity contribution is 6.17. The fraction of sp³-hybridized carbons (Fsp3) is 0.0294. The van der Waals surface area contributed by atoms with Crippen LogP contribution in [-0.4, -0.2) is 4.57 Å². The summed E-state index contributed by atoms with van der Waals surface area (Å²) < 4.78 is 2.52. The molecule has 1 aromatic heterocycles. The highest BCUT2D eigenvalue weighted by Crippen LogP contribution is 2.66. The molecule has 0 N–H and O–H groups in total. The molecule has 0 atom stereocenters. The van der Waals surface area contributed by atoms with Crippen molar-refractivity contribution in [1.29, 1.82) is 0 Å². The summed E-state index contributed by atoms with van der Waals surface area (Å²) in [5, 5.41) is 2.48. The Hall–Kier alpha value is -8.78. The lowest BCUT2D eigenvalue weighted by Crippen LogP contribution is -2.25. The summed E-state index contributed by atoms with van der Waals surface area (Å²) in [5.74, 6) is 0. The molecular weight excluding hydrogens is 831 g/mol. The first-order valence-corrected chi connectivity index (χ1v) is 24.3. The van der Waals surface area contributed by atoms with Gasteiger partial charge in [0.05, 0.1) is 21.9 Å². The lowest BCUT2D eigenvalue weighted by molar-refractivity contribution is 0.794. The number of aromatic nitrogens is 1. The van der Waals surface area contributed by atoms with Gasteiger partial charge in [0.25, 0.3) is 0 Å². The van der Waals surface area contributed by atoms with Gasteiger partial charge in [-0.25, -0.2) is 0 Å². The first-order chi connectivity index (χ1) is 34.3. The molecule has 0 fully saturated rings. The Kier molecular flexibility index (Phi) is 7.27. The van der Waals surface area contributed by atoms with Crippen LogP contribution in [0.3, 0.4) is 0 Å². The maximum absolute atomic E-state index is 2.54. The van der Waals surface area contributed by atoms with Gasteiger partial charge in [0, 0.05) is 22.0 Å². The van der Waals surface area contributed by atoms with Crippen LogP contribution in [0.15, 0.2) is 249 Å². The quantitative estimate of drug-likeness (QED) is 0.167. The molecule has 4 aliphatic carbocycles. The van der Waals surface area contributed by atoms with Crippen molar-refractivity contribution in [3.05, 3.63) is 293 Å². The fourth-order valence-corrected chi connectivity index (χ4v) is 14.1. The Labute approximate surface area is 400 Å². The van der Waals surface area contributed by atoms with E-state index >= 15 is 0 Å². The number of para-hydroxylation sites is 2. The molecule has 69 heavy (non-hydrogen) atoms. The van der Waals surface area contributed by atoms with Crippen LogP contribution >= 0.6 is 0 Å². The molecule has 12 aromatic rings. The van der Waals surface area contributed by atoms with Gasteiger partial charge in [0.1, 0.15) is 0 Å². The number of benzene rings is 11. The van der Waals surface area contributed by atoms with Crippen LogP contribution in [0.5, 0.6) is 0 Å². The molecule has 16 rings (SSSR count). The van der Waals surface area contributed by atoms with Gasteiger partial charge in [-0.2, -0.15) is 0 Å². The summed E-state index contributed by atoms with van der Waals surface area (Å²) in [6.07, 6.45) is 0. The monoisotopic (exact) mass is 871 g/mol. The molecule has 0 aliphatic heterocycles. The minimum absolute atomic E-state index is 0.433. The molecule has 0 amide bonds. The summed E-state index contributed by atoms with van der Waals surface area (Å²) in [4.78, 5) is 0. The second-order valence-electron chi connectivity index (χ2n) is 19.3. The first-order valence-electron chi connectivity index (χ1n) is 24.3. The van der Waals surface area contributed by atoms with Crippen LogP contribution in [0.1, 0.15) is 44.5 Å². The number of hydrogen-bond acceptors (Lipinski definition) is 0. The zero-order valence-corrected chi connectivity index (χ0v) is 37.6. The topological polar surface area (TPSA) is 4.93 Å². The molecule has 0 unspecified atom stereocenters. The van der Waals surface area contributed by atoms with Crippen molar-refractivity contribution < 1.29 is 0 Å². The van der Waals surface area contributed by atoms with E-state index in [4.69, 9.17) is 0 Å². The zero-order chi connectivity index (χ0) is 45.0. The summed E-state index contributed by atoms with van der Waals surface area (Å²) >= 11 is 0. The van der Waals surface area contributed by atoms with Crippen molar-refractivity contribution in [2.75, 3.05) is 0 Å². The number of fused-ring (bicyclic) bond motifs is 23. The lowest BCUT2D eigenvalue weighted by atomic mass is 9.70. The highest BCUT2D eigenvalue weighted by Gasteiger charge is 2.53. The summed E-state index contributed by atoms with van der Waals surface area (Å²) in [6, 6.07) is 94.2. The molecule has 1 nitrogen and oxygen atoms in total. The van der Waals surface area contributed by atoms with E-state index in [1.807, 2.05) is 0 Å². The summed E-state index contributed by atoms with van der Waals surface area (Å²) in [5.41, 5.74) is 28.9. The molecule has 2 spiro atoms. The van der Waals surface area contributed by atoms with E-state index in [0.29, 0.717) is 0 Å². The van der Waals surface area contributed by atoms with Crippen LogP contribution < -0.4 is 0 Å². The van der Waals surface area contributed by atoms with E-state index in [1.54, 1.807) is 0 Å². The summed E-state index contributed by atoms with van der Waals surface area (Å²) in [7, 11) is 0. The maximum Gasteiger partial charge on any atom is 0.0725 e. The van der Waals surface area contributed by atoms with Gasteiger partial charge in [0.2, 0.25) is 0 Å². The predicted octanol–water partition coefficient (Wildman–Crippen LogP) is 16.8. The molecule has 4 aliphatic rings. The normalized spacial score (nSPS) is 14.3. The Morgan fingerprint density at radius 3 is 1.14 bits per heavy atom. The minimum atomic E-state index is -0.454. The number of nitrogens with zero attached hydrogens (tertiary/aromatic N) is 1. The SMILES string of the molecule is c1ccc(-n2c3ccccc3c3cc(-c4cccc5c4-c4ccccc4C54c5ccccc5-c5ccccc54)cc(-c4cccc5c4-c4ccccc4C54c5ccccc5-c5ccccc54)c32)cc1. The Bertz CT molecular complexity index is 4110. The molecular formula is C68H41N. The van der Waals surface area contributed by atoms with Gasteiger partial charge in [-0.15, -0.1) is 0 Å². The van der Waals surface area contributed by atoms with Crippen LogP contribution in [-0.2, 0) is 10.8 Å². The van der Waals surface area contributed by atoms with Crippen molar-refractivity contribution in [2.24, 2.45) is 0 Å². The van der Waals surface area contributed by atoms with Crippen LogP contribution in [0, 0.1) is 0 Å². The first kappa shape index (κ1) is 37.3. The van der Waals surface area contributed by atoms with Gasteiger partial charge in [-0.05, 0) is 136 Å². The molecule has 0 bridgehead atoms. The molecule has 0 saturated carbocycles. The maximum atomic E-state index is 2.54. The van der Waals surface area contributed by atoms with Gasteiger partial charge in [0.15, 0.2) is 0 Å². The average Bonchev–Trinajstić information content (AvgIpc) is 4.18. The molecule has 1 heterocycles. The third-order valence-electron chi connectivity index (χ3n) is 16.4. The van der Waals surface area contributed by atoms with Gasteiger partial charge < -0.3 is 4.57 Å². The van der Waals surface area contributed by atoms with Gasteiger partial charge in [-0.3, -0.25) is 0 Å². The van der Waals surface area contributed by atoms with Crippen molar-refractivity contribution in [3.63, 3.8) is 0 Å². The van der Waals surface area contributed by atoms with E-state index in [9.17, 15) is 0 Å². The van der Waals surface area contributed by atoms with E-state index in [2.05, 4.69) is 253 Å². The fourth-order valence-electron chi connectivity index (χ4n) is 14.1. The van der Waals surface area contributed by atoms with Crippen LogP contribution in [0.2, 0.25) is 0 Å². The van der Waals surface area contributed by atoms with Crippen molar-refractivity contribution >= 4 is 21.8 Å². The van der Waals surface area contributed by atoms with E-state index in [0.717, 1.165) is 5.69 Å². The Morgan fingerprint density at radius 2 is 0.623 bits per heavy atom. The lowest BCUT2D eigenvalue weighted by Gasteiger charge is -2.30. The molecule has 0 radical (unpaired) electrons. The van der Waals surface area contributed by atoms with Crippen molar-refractivity contribution in [3.8, 4) is 72.4 Å². The Morgan fingerprint density at radius 1 is 0.246 bits per heavy atom. The highest BCUT2D eigenvalue weighted by atomic mass is 15.0. The molecule has 318 valence electrons. The largest absolute Gasteiger partial charge is 0.309 e. The van der Waals surface area contributed by atoms with Crippen LogP contribution in [0.25, 0.3) is 94.3 Å². The molecule has 0 saturated heterocycles. The van der Waals surface area contributed by atoms with Crippen LogP contribution in [0.4, 0.5) is 0 Å². The van der Waals surface area contributed by atoms with E-state index in [1.165, 1.54) is 133 Å². The van der Waals surface area contributed by atoms with E-state index < -0.39 is 10.8 Å². The predicted molar refractivity (Wildman–Crippen MR) is 284 cm³/mol. The second-order valence-corrected chi connectivity index (χ2v) is 19.3.